The maximum absolute atomic E-state index is 11.5. The fourth-order valence-electron chi connectivity index (χ4n) is 4.25. The Morgan fingerprint density at radius 2 is 1.62 bits per heavy atom. The van der Waals surface area contributed by atoms with Gasteiger partial charge >= 0.3 is 0 Å². The fraction of sp³-hybridized carbons (Fsp3) is 0.233. The van der Waals surface area contributed by atoms with Crippen LogP contribution in [0.2, 0.25) is 0 Å². The van der Waals surface area contributed by atoms with Crippen LogP contribution in [-0.4, -0.2) is 29.9 Å². The molecule has 5 rings (SSSR count). The second-order valence-electron chi connectivity index (χ2n) is 10.7. The van der Waals surface area contributed by atoms with Crippen LogP contribution >= 0.6 is 11.3 Å². The summed E-state index contributed by atoms with van der Waals surface area (Å²) in [5, 5.41) is 12.7. The van der Waals surface area contributed by atoms with Gasteiger partial charge in [0.2, 0.25) is 16.0 Å². The Kier molecular flexibility index (Phi) is 7.84. The second-order valence-corrected chi connectivity index (χ2v) is 13.3. The van der Waals surface area contributed by atoms with Gasteiger partial charge < -0.3 is 10.6 Å². The van der Waals surface area contributed by atoms with Gasteiger partial charge in [0.1, 0.15) is 5.82 Å². The van der Waals surface area contributed by atoms with Gasteiger partial charge in [-0.2, -0.15) is 4.98 Å². The fourth-order valence-corrected chi connectivity index (χ4v) is 5.68. The van der Waals surface area contributed by atoms with E-state index in [-0.39, 0.29) is 10.3 Å². The molecule has 40 heavy (non-hydrogen) atoms. The number of primary sulfonamides is 1. The minimum absolute atomic E-state index is 0.0650. The van der Waals surface area contributed by atoms with Crippen LogP contribution in [0.15, 0.2) is 83.8 Å². The number of aromatic nitrogens is 3. The number of nitrogens with one attached hydrogen (secondary N) is 2. The molecule has 2 heterocycles. The number of rotatable bonds is 9. The molecule has 206 valence electrons. The highest BCUT2D eigenvalue weighted by Gasteiger charge is 2.16. The molecule has 0 spiro atoms. The summed E-state index contributed by atoms with van der Waals surface area (Å²) in [6.45, 7) is 7.19. The lowest BCUT2D eigenvalue weighted by molar-refractivity contribution is 0.591. The monoisotopic (exact) mass is 572 g/mol. The first kappa shape index (κ1) is 27.7. The zero-order valence-electron chi connectivity index (χ0n) is 22.7. The van der Waals surface area contributed by atoms with Crippen LogP contribution in [0.3, 0.4) is 0 Å². The minimum atomic E-state index is -3.71. The molecule has 0 radical (unpaired) electrons. The molecule has 0 saturated heterocycles. The first-order chi connectivity index (χ1) is 19.0. The van der Waals surface area contributed by atoms with Crippen LogP contribution in [0.5, 0.6) is 0 Å². The van der Waals surface area contributed by atoms with E-state index in [1.807, 2.05) is 24.3 Å². The summed E-state index contributed by atoms with van der Waals surface area (Å²) in [4.78, 5) is 14.3. The predicted molar refractivity (Wildman–Crippen MR) is 163 cm³/mol. The molecular weight excluding hydrogens is 541 g/mol. The van der Waals surface area contributed by atoms with Gasteiger partial charge in [-0.25, -0.2) is 23.5 Å². The number of nitrogens with zero attached hydrogens (tertiary/aromatic N) is 3. The molecule has 2 aromatic heterocycles. The van der Waals surface area contributed by atoms with Crippen molar-refractivity contribution in [2.45, 2.75) is 43.9 Å². The van der Waals surface area contributed by atoms with Gasteiger partial charge in [0, 0.05) is 19.0 Å². The Balaban J connectivity index is 1.35. The Labute approximate surface area is 238 Å². The van der Waals surface area contributed by atoms with Crippen LogP contribution < -0.4 is 15.8 Å². The second kappa shape index (κ2) is 11.3. The minimum Gasteiger partial charge on any atom is -0.354 e. The third-order valence-corrected chi connectivity index (χ3v) is 8.31. The van der Waals surface area contributed by atoms with Gasteiger partial charge in [-0.15, -0.1) is 0 Å². The Bertz CT molecular complexity index is 1730. The number of fused-ring (bicyclic) bond motifs is 1. The highest BCUT2D eigenvalue weighted by atomic mass is 32.2. The van der Waals surface area contributed by atoms with Crippen molar-refractivity contribution < 1.29 is 8.42 Å². The normalized spacial score (nSPS) is 12.0. The maximum Gasteiger partial charge on any atom is 0.238 e. The number of nitrogens with two attached hydrogens (primary N) is 1. The lowest BCUT2D eigenvalue weighted by Gasteiger charge is -2.18. The van der Waals surface area contributed by atoms with Gasteiger partial charge in [-0.3, -0.25) is 0 Å². The van der Waals surface area contributed by atoms with Crippen LogP contribution in [0.1, 0.15) is 43.2 Å². The van der Waals surface area contributed by atoms with Gasteiger partial charge in [0.15, 0.2) is 5.13 Å². The van der Waals surface area contributed by atoms with Crippen molar-refractivity contribution in [2.24, 2.45) is 5.14 Å². The van der Waals surface area contributed by atoms with E-state index in [4.69, 9.17) is 20.1 Å². The number of anilines is 3. The molecule has 0 bridgehead atoms. The van der Waals surface area contributed by atoms with Gasteiger partial charge in [0.05, 0.1) is 20.8 Å². The number of benzene rings is 3. The average molecular weight is 573 g/mol. The smallest absolute Gasteiger partial charge is 0.238 e. The average Bonchev–Trinajstić information content (AvgIpc) is 3.30. The van der Waals surface area contributed by atoms with Crippen molar-refractivity contribution in [3.05, 3.63) is 101 Å². The lowest BCUT2D eigenvalue weighted by atomic mass is 9.87. The summed E-state index contributed by atoms with van der Waals surface area (Å²) in [6, 6.07) is 25.1. The summed E-state index contributed by atoms with van der Waals surface area (Å²) >= 11 is 1.60. The largest absolute Gasteiger partial charge is 0.354 e. The molecule has 0 saturated carbocycles. The quantitative estimate of drug-likeness (QED) is 0.197. The van der Waals surface area contributed by atoms with E-state index >= 15 is 0 Å². The van der Waals surface area contributed by atoms with Crippen LogP contribution in [0.25, 0.3) is 10.2 Å². The van der Waals surface area contributed by atoms with Crippen molar-refractivity contribution in [1.29, 1.82) is 0 Å². The zero-order chi connectivity index (χ0) is 28.3. The van der Waals surface area contributed by atoms with E-state index in [1.54, 1.807) is 23.5 Å². The Morgan fingerprint density at radius 1 is 0.875 bits per heavy atom. The number of hydrogen-bond acceptors (Lipinski definition) is 8. The van der Waals surface area contributed by atoms with Crippen molar-refractivity contribution in [1.82, 2.24) is 15.0 Å². The summed E-state index contributed by atoms with van der Waals surface area (Å²) in [5.41, 5.74) is 5.29. The molecule has 3 aromatic carbocycles. The first-order valence-electron chi connectivity index (χ1n) is 13.0. The predicted octanol–water partition coefficient (Wildman–Crippen LogP) is 6.02. The maximum atomic E-state index is 11.5. The Hall–Kier alpha value is -3.86. The molecule has 10 heteroatoms. The van der Waals surface area contributed by atoms with Crippen LogP contribution in [0.4, 0.5) is 16.9 Å². The molecule has 0 unspecified atom stereocenters. The highest BCUT2D eigenvalue weighted by molar-refractivity contribution is 7.89. The lowest BCUT2D eigenvalue weighted by Crippen LogP contribution is -2.12. The zero-order valence-corrected chi connectivity index (χ0v) is 24.3. The summed E-state index contributed by atoms with van der Waals surface area (Å²) < 4.78 is 24.2. The Morgan fingerprint density at radius 3 is 2.33 bits per heavy atom. The van der Waals surface area contributed by atoms with E-state index in [2.05, 4.69) is 61.7 Å². The molecule has 0 amide bonds. The molecule has 8 nitrogen and oxygen atoms in total. The molecule has 0 atom stereocenters. The van der Waals surface area contributed by atoms with Crippen molar-refractivity contribution >= 4 is 48.5 Å². The standard InChI is InChI=1S/C30H32N6O2S2/c1-30(2,3)22-11-14-25-26(18-22)39-29(34-25)36-27-19-23(17-21-7-5-4-6-8-21)33-28(35-27)32-16-15-20-9-12-24(13-10-20)40(31,37)38/h4-14,18-19H,15-17H2,1-3H3,(H2,31,37,38)(H2,32,33,34,35,36). The van der Waals surface area contributed by atoms with E-state index in [0.29, 0.717) is 31.2 Å². The molecule has 0 fully saturated rings. The summed E-state index contributed by atoms with van der Waals surface area (Å²) in [6.07, 6.45) is 1.32. The molecule has 0 aliphatic rings. The number of sulfonamides is 1. The van der Waals surface area contributed by atoms with E-state index < -0.39 is 10.0 Å². The highest BCUT2D eigenvalue weighted by Crippen LogP contribution is 2.32. The number of hydrogen-bond donors (Lipinski definition) is 3. The van der Waals surface area contributed by atoms with Crippen molar-refractivity contribution in [3.63, 3.8) is 0 Å². The molecule has 0 aliphatic heterocycles. The summed E-state index contributed by atoms with van der Waals surface area (Å²) in [5.74, 6) is 1.17. The molecular formula is C30H32N6O2S2. The van der Waals surface area contributed by atoms with E-state index in [0.717, 1.165) is 32.2 Å². The van der Waals surface area contributed by atoms with E-state index in [1.165, 1.54) is 17.7 Å². The SMILES string of the molecule is CC(C)(C)c1ccc2nc(Nc3cc(Cc4ccccc4)nc(NCCc4ccc(S(N)(=O)=O)cc4)n3)sc2c1. The van der Waals surface area contributed by atoms with Crippen LogP contribution in [-0.2, 0) is 28.3 Å². The first-order valence-corrected chi connectivity index (χ1v) is 15.3. The van der Waals surface area contributed by atoms with E-state index in [9.17, 15) is 8.42 Å². The molecule has 4 N–H and O–H groups in total. The topological polar surface area (TPSA) is 123 Å². The van der Waals surface area contributed by atoms with Crippen molar-refractivity contribution in [2.75, 3.05) is 17.2 Å². The summed E-state index contributed by atoms with van der Waals surface area (Å²) in [7, 11) is -3.71. The molecule has 0 aliphatic carbocycles. The third kappa shape index (κ3) is 7.01. The van der Waals surface area contributed by atoms with Crippen LogP contribution in [0, 0.1) is 0 Å². The number of thiazole rings is 1. The van der Waals surface area contributed by atoms with Gasteiger partial charge in [0.25, 0.3) is 0 Å². The molecule has 5 aromatic rings. The third-order valence-electron chi connectivity index (χ3n) is 6.45. The van der Waals surface area contributed by atoms with Gasteiger partial charge in [-0.05, 0) is 52.8 Å². The van der Waals surface area contributed by atoms with Crippen molar-refractivity contribution in [3.8, 4) is 0 Å². The van der Waals surface area contributed by atoms with Gasteiger partial charge in [-0.1, -0.05) is 80.6 Å².